The van der Waals surface area contributed by atoms with Gasteiger partial charge in [-0.25, -0.2) is 0 Å². The quantitative estimate of drug-likeness (QED) is 0.219. The Morgan fingerprint density at radius 2 is 1.08 bits per heavy atom. The van der Waals surface area contributed by atoms with Crippen molar-refractivity contribution in [3.63, 3.8) is 0 Å². The summed E-state index contributed by atoms with van der Waals surface area (Å²) in [7, 11) is 0. The van der Waals surface area contributed by atoms with E-state index in [0.29, 0.717) is 6.42 Å². The van der Waals surface area contributed by atoms with Crippen LogP contribution < -0.4 is 0 Å². The minimum absolute atomic E-state index is 0.332. The number of carboxylic acids is 1. The van der Waals surface area contributed by atoms with Crippen LogP contribution in [0.15, 0.2) is 12.2 Å². The molecule has 2 nitrogen and oxygen atoms in total. The Labute approximate surface area is 164 Å². The number of allylic oxidation sites excluding steroid dienone is 2. The van der Waals surface area contributed by atoms with E-state index in [9.17, 15) is 4.79 Å². The van der Waals surface area contributed by atoms with Crippen molar-refractivity contribution >= 4 is 5.97 Å². The molecular formula is C24H48O2. The first-order valence-electron chi connectivity index (χ1n) is 11.3. The Bertz CT molecular complexity index is 299. The van der Waals surface area contributed by atoms with Gasteiger partial charge in [0, 0.05) is 6.42 Å². The van der Waals surface area contributed by atoms with Crippen LogP contribution in [0.1, 0.15) is 125 Å². The lowest BCUT2D eigenvalue weighted by atomic mass is 10.0. The summed E-state index contributed by atoms with van der Waals surface area (Å²) in [5.41, 5.74) is 0. The maximum absolute atomic E-state index is 10.3. The van der Waals surface area contributed by atoms with Gasteiger partial charge in [0.1, 0.15) is 0 Å². The van der Waals surface area contributed by atoms with E-state index in [1.54, 1.807) is 0 Å². The summed E-state index contributed by atoms with van der Waals surface area (Å²) in [6, 6.07) is 0. The molecule has 0 aromatic heterocycles. The lowest BCUT2D eigenvalue weighted by Gasteiger charge is -2.05. The largest absolute Gasteiger partial charge is 0.481 e. The molecule has 26 heavy (non-hydrogen) atoms. The summed E-state index contributed by atoms with van der Waals surface area (Å²) in [4.78, 5) is 10.3. The predicted octanol–water partition coefficient (Wildman–Crippen LogP) is 8.41. The molecule has 0 bridgehead atoms. The monoisotopic (exact) mass is 368 g/mol. The Morgan fingerprint density at radius 1 is 0.692 bits per heavy atom. The molecule has 0 heterocycles. The molecule has 0 aromatic rings. The zero-order valence-corrected chi connectivity index (χ0v) is 18.6. The standard InChI is InChI=1S/C18H34O2.C6H14/c1-2-3-4-5-6-7-8-9-10-11-12-13-14-15-16-17-18(19)20;1-5(2)6(3)4/h9-10H,2-8,11-17H2,1H3,(H,19,20);5-6H,1-4H3/b10-9-;. The number of aliphatic carboxylic acids is 1. The zero-order valence-electron chi connectivity index (χ0n) is 18.6. The van der Waals surface area contributed by atoms with Crippen molar-refractivity contribution in [2.45, 2.75) is 125 Å². The van der Waals surface area contributed by atoms with Crippen LogP contribution in [0.4, 0.5) is 0 Å². The molecule has 2 heteroatoms. The Morgan fingerprint density at radius 3 is 1.46 bits per heavy atom. The van der Waals surface area contributed by atoms with Crippen LogP contribution in [0, 0.1) is 11.8 Å². The Hall–Kier alpha value is -0.790. The van der Waals surface area contributed by atoms with E-state index < -0.39 is 5.97 Å². The molecular weight excluding hydrogens is 320 g/mol. The summed E-state index contributed by atoms with van der Waals surface area (Å²) < 4.78 is 0. The van der Waals surface area contributed by atoms with Gasteiger partial charge in [-0.2, -0.15) is 0 Å². The van der Waals surface area contributed by atoms with Crippen LogP contribution in [0.25, 0.3) is 0 Å². The van der Waals surface area contributed by atoms with Crippen molar-refractivity contribution in [1.29, 1.82) is 0 Å². The first-order chi connectivity index (χ1) is 12.4. The summed E-state index contributed by atoms with van der Waals surface area (Å²) in [6.07, 6.45) is 21.2. The van der Waals surface area contributed by atoms with Crippen LogP contribution in [-0.2, 0) is 4.79 Å². The third-order valence-electron chi connectivity index (χ3n) is 4.99. The molecule has 0 atom stereocenters. The normalized spacial score (nSPS) is 11.2. The summed E-state index contributed by atoms with van der Waals surface area (Å²) >= 11 is 0. The van der Waals surface area contributed by atoms with Gasteiger partial charge in [-0.15, -0.1) is 0 Å². The second-order valence-corrected chi connectivity index (χ2v) is 8.22. The molecule has 0 unspecified atom stereocenters. The van der Waals surface area contributed by atoms with Gasteiger partial charge in [0.15, 0.2) is 0 Å². The maximum atomic E-state index is 10.3. The molecule has 0 radical (unpaired) electrons. The van der Waals surface area contributed by atoms with E-state index >= 15 is 0 Å². The van der Waals surface area contributed by atoms with Crippen molar-refractivity contribution < 1.29 is 9.90 Å². The molecule has 1 N–H and O–H groups in total. The van der Waals surface area contributed by atoms with Crippen LogP contribution in [0.5, 0.6) is 0 Å². The molecule has 156 valence electrons. The van der Waals surface area contributed by atoms with Gasteiger partial charge in [0.05, 0.1) is 0 Å². The van der Waals surface area contributed by atoms with Crippen LogP contribution in [0.3, 0.4) is 0 Å². The first-order valence-corrected chi connectivity index (χ1v) is 11.3. The minimum Gasteiger partial charge on any atom is -0.481 e. The minimum atomic E-state index is -0.664. The Balaban J connectivity index is 0. The molecule has 0 aliphatic carbocycles. The average molecular weight is 369 g/mol. The second-order valence-electron chi connectivity index (χ2n) is 8.22. The number of carboxylic acid groups (broad SMARTS) is 1. The van der Waals surface area contributed by atoms with Gasteiger partial charge in [-0.05, 0) is 43.9 Å². The number of rotatable bonds is 16. The van der Waals surface area contributed by atoms with Crippen molar-refractivity contribution in [3.05, 3.63) is 12.2 Å². The zero-order chi connectivity index (χ0) is 20.0. The molecule has 0 rings (SSSR count). The van der Waals surface area contributed by atoms with Gasteiger partial charge >= 0.3 is 5.97 Å². The van der Waals surface area contributed by atoms with Crippen LogP contribution in [-0.4, -0.2) is 11.1 Å². The topological polar surface area (TPSA) is 37.3 Å². The van der Waals surface area contributed by atoms with Gasteiger partial charge in [0.25, 0.3) is 0 Å². The van der Waals surface area contributed by atoms with E-state index in [2.05, 4.69) is 46.8 Å². The van der Waals surface area contributed by atoms with Crippen molar-refractivity contribution in [1.82, 2.24) is 0 Å². The molecule has 0 amide bonds. The molecule has 0 spiro atoms. The molecule has 0 saturated heterocycles. The summed E-state index contributed by atoms with van der Waals surface area (Å²) in [5.74, 6) is 1.04. The fraction of sp³-hybridized carbons (Fsp3) is 0.875. The molecule has 0 aliphatic heterocycles. The second kappa shape index (κ2) is 22.3. The summed E-state index contributed by atoms with van der Waals surface area (Å²) in [6.45, 7) is 11.2. The highest BCUT2D eigenvalue weighted by Crippen LogP contribution is 2.10. The van der Waals surface area contributed by atoms with E-state index in [1.165, 1.54) is 70.6 Å². The highest BCUT2D eigenvalue weighted by atomic mass is 16.4. The molecule has 0 saturated carbocycles. The smallest absolute Gasteiger partial charge is 0.303 e. The highest BCUT2D eigenvalue weighted by molar-refractivity contribution is 5.66. The van der Waals surface area contributed by atoms with Crippen molar-refractivity contribution in [3.8, 4) is 0 Å². The van der Waals surface area contributed by atoms with Gasteiger partial charge in [-0.3, -0.25) is 4.79 Å². The van der Waals surface area contributed by atoms with Gasteiger partial charge in [-0.1, -0.05) is 98.1 Å². The molecule has 0 aliphatic rings. The van der Waals surface area contributed by atoms with Crippen LogP contribution in [0.2, 0.25) is 0 Å². The third kappa shape index (κ3) is 28.0. The van der Waals surface area contributed by atoms with E-state index in [4.69, 9.17) is 5.11 Å². The first kappa shape index (κ1) is 27.4. The SMILES string of the molecule is CC(C)C(C)C.CCCCCCCC/C=C\CCCCCCCC(=O)O. The number of hydrogen-bond donors (Lipinski definition) is 1. The van der Waals surface area contributed by atoms with Crippen molar-refractivity contribution in [2.75, 3.05) is 0 Å². The summed E-state index contributed by atoms with van der Waals surface area (Å²) in [5, 5.41) is 8.51. The van der Waals surface area contributed by atoms with Crippen LogP contribution >= 0.6 is 0 Å². The lowest BCUT2D eigenvalue weighted by molar-refractivity contribution is -0.137. The Kier molecular flexibility index (Phi) is 23.5. The maximum Gasteiger partial charge on any atom is 0.303 e. The van der Waals surface area contributed by atoms with E-state index in [-0.39, 0.29) is 0 Å². The predicted molar refractivity (Wildman–Crippen MR) is 117 cm³/mol. The number of hydrogen-bond acceptors (Lipinski definition) is 1. The fourth-order valence-corrected chi connectivity index (χ4v) is 2.35. The molecule has 0 aromatic carbocycles. The number of carbonyl (C=O) groups is 1. The highest BCUT2D eigenvalue weighted by Gasteiger charge is 1.96. The van der Waals surface area contributed by atoms with Gasteiger partial charge < -0.3 is 5.11 Å². The fourth-order valence-electron chi connectivity index (χ4n) is 2.35. The van der Waals surface area contributed by atoms with Crippen molar-refractivity contribution in [2.24, 2.45) is 11.8 Å². The average Bonchev–Trinajstić information content (AvgIpc) is 2.58. The van der Waals surface area contributed by atoms with E-state index in [0.717, 1.165) is 24.7 Å². The molecule has 0 fully saturated rings. The number of unbranched alkanes of at least 4 members (excludes halogenated alkanes) is 11. The van der Waals surface area contributed by atoms with Gasteiger partial charge in [0.2, 0.25) is 0 Å². The van der Waals surface area contributed by atoms with E-state index in [1.807, 2.05) is 0 Å². The lowest BCUT2D eigenvalue weighted by Crippen LogP contribution is -1.95. The third-order valence-corrected chi connectivity index (χ3v) is 4.99.